The lowest BCUT2D eigenvalue weighted by molar-refractivity contribution is -0.111. The summed E-state index contributed by atoms with van der Waals surface area (Å²) >= 11 is 0. The van der Waals surface area contributed by atoms with Crippen LogP contribution in [0.2, 0.25) is 0 Å². The number of aryl methyl sites for hydroxylation is 3. The van der Waals surface area contributed by atoms with Crippen LogP contribution in [0, 0.1) is 20.8 Å². The zero-order valence-electron chi connectivity index (χ0n) is 15.8. The van der Waals surface area contributed by atoms with Gasteiger partial charge in [-0.2, -0.15) is 0 Å². The van der Waals surface area contributed by atoms with E-state index in [2.05, 4.69) is 20.4 Å². The molecule has 0 saturated carbocycles. The number of carbonyl (C=O) groups is 1. The second-order valence-electron chi connectivity index (χ2n) is 6.54. The number of nitrogens with zero attached hydrogens (tertiary/aromatic N) is 4. The number of rotatable bonds is 4. The van der Waals surface area contributed by atoms with Crippen LogP contribution in [0.5, 0.6) is 0 Å². The number of nitrogens with one attached hydrogen (secondary N) is 1. The van der Waals surface area contributed by atoms with E-state index in [0.29, 0.717) is 17.5 Å². The Labute approximate surface area is 161 Å². The van der Waals surface area contributed by atoms with Crippen LogP contribution in [-0.4, -0.2) is 25.7 Å². The van der Waals surface area contributed by atoms with Crippen molar-refractivity contribution < 1.29 is 9.21 Å². The summed E-state index contributed by atoms with van der Waals surface area (Å²) < 4.78 is 7.28. The van der Waals surface area contributed by atoms with Crippen molar-refractivity contribution >= 4 is 28.8 Å². The first kappa shape index (κ1) is 17.7. The Bertz CT molecular complexity index is 1150. The summed E-state index contributed by atoms with van der Waals surface area (Å²) in [5.41, 5.74) is 3.32. The fourth-order valence-corrected chi connectivity index (χ4v) is 2.95. The molecule has 3 aromatic heterocycles. The van der Waals surface area contributed by atoms with E-state index in [0.717, 1.165) is 28.1 Å². The van der Waals surface area contributed by atoms with Crippen LogP contribution in [-0.2, 0) is 4.79 Å². The van der Waals surface area contributed by atoms with Gasteiger partial charge in [0, 0.05) is 34.6 Å². The standard InChI is InChI=1S/C21H19N5O2/c1-13-10-14(2)23-21(22-13)26-15(3)11-19(25-26)24-20(27)9-8-17-12-16-6-4-5-7-18(16)28-17/h4-12H,1-3H3,(H,24,25,27)/b9-8+. The highest BCUT2D eigenvalue weighted by Gasteiger charge is 2.11. The molecule has 7 heteroatoms. The lowest BCUT2D eigenvalue weighted by atomic mass is 10.2. The zero-order chi connectivity index (χ0) is 19.7. The number of furan rings is 1. The molecule has 0 bridgehead atoms. The van der Waals surface area contributed by atoms with Gasteiger partial charge in [0.2, 0.25) is 5.91 Å². The number of aromatic nitrogens is 4. The summed E-state index contributed by atoms with van der Waals surface area (Å²) in [4.78, 5) is 21.1. The molecule has 3 heterocycles. The summed E-state index contributed by atoms with van der Waals surface area (Å²) in [6.45, 7) is 5.69. The van der Waals surface area contributed by atoms with Crippen molar-refractivity contribution in [1.82, 2.24) is 19.7 Å². The van der Waals surface area contributed by atoms with Gasteiger partial charge < -0.3 is 9.73 Å². The smallest absolute Gasteiger partial charge is 0.251 e. The summed E-state index contributed by atoms with van der Waals surface area (Å²) in [5.74, 6) is 1.22. The Morgan fingerprint density at radius 3 is 2.57 bits per heavy atom. The molecule has 0 unspecified atom stereocenters. The van der Waals surface area contributed by atoms with E-state index < -0.39 is 0 Å². The van der Waals surface area contributed by atoms with Crippen molar-refractivity contribution in [2.45, 2.75) is 20.8 Å². The van der Waals surface area contributed by atoms with Gasteiger partial charge in [0.1, 0.15) is 11.3 Å². The number of anilines is 1. The zero-order valence-corrected chi connectivity index (χ0v) is 15.8. The number of hydrogen-bond acceptors (Lipinski definition) is 5. The highest BCUT2D eigenvalue weighted by molar-refractivity contribution is 6.01. The molecule has 4 aromatic rings. The number of hydrogen-bond donors (Lipinski definition) is 1. The third kappa shape index (κ3) is 3.68. The third-order valence-corrected chi connectivity index (χ3v) is 4.14. The largest absolute Gasteiger partial charge is 0.457 e. The van der Waals surface area contributed by atoms with Crippen LogP contribution in [0.4, 0.5) is 5.82 Å². The van der Waals surface area contributed by atoms with E-state index in [1.54, 1.807) is 16.8 Å². The van der Waals surface area contributed by atoms with Crippen molar-refractivity contribution in [3.63, 3.8) is 0 Å². The van der Waals surface area contributed by atoms with Crippen molar-refractivity contribution in [1.29, 1.82) is 0 Å². The monoisotopic (exact) mass is 373 g/mol. The Morgan fingerprint density at radius 1 is 1.07 bits per heavy atom. The molecule has 1 aromatic carbocycles. The van der Waals surface area contributed by atoms with Crippen molar-refractivity contribution in [2.24, 2.45) is 0 Å². The Kier molecular flexibility index (Phi) is 4.49. The van der Waals surface area contributed by atoms with E-state index in [9.17, 15) is 4.79 Å². The molecule has 0 spiro atoms. The third-order valence-electron chi connectivity index (χ3n) is 4.14. The first-order valence-electron chi connectivity index (χ1n) is 8.85. The van der Waals surface area contributed by atoms with Crippen LogP contribution in [0.3, 0.4) is 0 Å². The molecule has 1 amide bonds. The van der Waals surface area contributed by atoms with Gasteiger partial charge >= 0.3 is 0 Å². The van der Waals surface area contributed by atoms with Crippen LogP contribution in [0.1, 0.15) is 22.8 Å². The van der Waals surface area contributed by atoms with E-state index in [4.69, 9.17) is 4.42 Å². The van der Waals surface area contributed by atoms with Gasteiger partial charge in [-0.3, -0.25) is 4.79 Å². The number of amides is 1. The average molecular weight is 373 g/mol. The summed E-state index contributed by atoms with van der Waals surface area (Å²) in [6.07, 6.45) is 3.05. The second kappa shape index (κ2) is 7.11. The van der Waals surface area contributed by atoms with Gasteiger partial charge in [0.05, 0.1) is 0 Å². The molecule has 4 rings (SSSR count). The van der Waals surface area contributed by atoms with Crippen LogP contribution >= 0.6 is 0 Å². The van der Waals surface area contributed by atoms with Gasteiger partial charge in [-0.1, -0.05) is 18.2 Å². The average Bonchev–Trinajstić information content (AvgIpc) is 3.22. The van der Waals surface area contributed by atoms with E-state index in [1.165, 1.54) is 6.08 Å². The van der Waals surface area contributed by atoms with Crippen LogP contribution < -0.4 is 5.32 Å². The maximum absolute atomic E-state index is 12.2. The van der Waals surface area contributed by atoms with Gasteiger partial charge in [0.15, 0.2) is 5.82 Å². The first-order chi connectivity index (χ1) is 13.5. The van der Waals surface area contributed by atoms with Gasteiger partial charge in [-0.25, -0.2) is 14.6 Å². The van der Waals surface area contributed by atoms with Crippen molar-refractivity contribution in [3.8, 4) is 5.95 Å². The molecule has 0 saturated heterocycles. The lowest BCUT2D eigenvalue weighted by Gasteiger charge is -2.04. The first-order valence-corrected chi connectivity index (χ1v) is 8.85. The molecule has 7 nitrogen and oxygen atoms in total. The quantitative estimate of drug-likeness (QED) is 0.547. The van der Waals surface area contributed by atoms with Crippen LogP contribution in [0.25, 0.3) is 23.0 Å². The van der Waals surface area contributed by atoms with Gasteiger partial charge in [0.25, 0.3) is 5.95 Å². The van der Waals surface area contributed by atoms with Crippen molar-refractivity contribution in [3.05, 3.63) is 71.4 Å². The molecule has 0 aliphatic rings. The normalized spacial score (nSPS) is 11.4. The van der Waals surface area contributed by atoms with E-state index >= 15 is 0 Å². The maximum Gasteiger partial charge on any atom is 0.251 e. The van der Waals surface area contributed by atoms with Crippen molar-refractivity contribution in [2.75, 3.05) is 5.32 Å². The molecule has 1 N–H and O–H groups in total. The molecule has 140 valence electrons. The van der Waals surface area contributed by atoms with Gasteiger partial charge in [-0.05, 0) is 45.0 Å². The number of fused-ring (bicyclic) bond motifs is 1. The fourth-order valence-electron chi connectivity index (χ4n) is 2.95. The number of para-hydroxylation sites is 1. The topological polar surface area (TPSA) is 85.8 Å². The minimum absolute atomic E-state index is 0.300. The maximum atomic E-state index is 12.2. The Hall–Kier alpha value is -3.74. The summed E-state index contributed by atoms with van der Waals surface area (Å²) in [6, 6.07) is 13.2. The second-order valence-corrected chi connectivity index (χ2v) is 6.54. The molecule has 0 atom stereocenters. The molecule has 28 heavy (non-hydrogen) atoms. The fraction of sp³-hybridized carbons (Fsp3) is 0.143. The highest BCUT2D eigenvalue weighted by Crippen LogP contribution is 2.20. The Morgan fingerprint density at radius 2 is 1.82 bits per heavy atom. The molecular weight excluding hydrogens is 354 g/mol. The molecular formula is C21H19N5O2. The van der Waals surface area contributed by atoms with Crippen LogP contribution in [0.15, 0.2) is 53.0 Å². The molecule has 0 aliphatic heterocycles. The minimum Gasteiger partial charge on any atom is -0.457 e. The highest BCUT2D eigenvalue weighted by atomic mass is 16.3. The van der Waals surface area contributed by atoms with E-state index in [-0.39, 0.29) is 5.91 Å². The predicted molar refractivity (Wildman–Crippen MR) is 107 cm³/mol. The van der Waals surface area contributed by atoms with E-state index in [1.807, 2.05) is 57.2 Å². The summed E-state index contributed by atoms with van der Waals surface area (Å²) in [5, 5.41) is 8.14. The van der Waals surface area contributed by atoms with Gasteiger partial charge in [-0.15, -0.1) is 5.10 Å². The molecule has 0 aliphatic carbocycles. The number of benzene rings is 1. The SMILES string of the molecule is Cc1cc(C)nc(-n2nc(NC(=O)/C=C/c3cc4ccccc4o3)cc2C)n1. The number of carbonyl (C=O) groups excluding carboxylic acids is 1. The molecule has 0 radical (unpaired) electrons. The summed E-state index contributed by atoms with van der Waals surface area (Å²) in [7, 11) is 0. The Balaban J connectivity index is 1.50. The molecule has 0 fully saturated rings. The predicted octanol–water partition coefficient (Wildman–Crippen LogP) is 3.99. The minimum atomic E-state index is -0.300. The lowest BCUT2D eigenvalue weighted by Crippen LogP contribution is -2.10.